The number of carbonyl (C=O) groups excluding carboxylic acids is 1. The molecule has 0 aliphatic carbocycles. The molecule has 0 rings (SSSR count). The van der Waals surface area contributed by atoms with Gasteiger partial charge < -0.3 is 19.5 Å². The van der Waals surface area contributed by atoms with Crippen LogP contribution in [0.2, 0.25) is 0 Å². The van der Waals surface area contributed by atoms with E-state index in [2.05, 4.69) is 0 Å². The molecule has 0 aromatic rings. The van der Waals surface area contributed by atoms with E-state index in [-0.39, 0.29) is 6.42 Å². The van der Waals surface area contributed by atoms with Gasteiger partial charge in [-0.2, -0.15) is 0 Å². The summed E-state index contributed by atoms with van der Waals surface area (Å²) in [5, 5.41) is 19.1. The molecule has 1 N–H and O–H groups in total. The Balaban J connectivity index is 3.69. The standard InChI is InChI=1S/C7H15NO3/c1-8(2,3)5-6(9)4-7(10)11/h6,9H,4-5H2,1-3H3/t6-/m0/s1/i1+2,2+2,3+2. The van der Waals surface area contributed by atoms with E-state index in [0.29, 0.717) is 11.0 Å². The molecule has 0 aromatic heterocycles. The number of carboxylic acid groups (broad SMARTS) is 1. The highest BCUT2D eigenvalue weighted by Gasteiger charge is 2.14. The first-order chi connectivity index (χ1) is 4.81. The Kier molecular flexibility index (Phi) is 3.48. The largest absolute Gasteiger partial charge is 0.550 e. The average molecular weight is 167 g/mol. The lowest BCUT2D eigenvalue weighted by atomic mass is 10.2. The zero-order valence-corrected chi connectivity index (χ0v) is 7.20. The maximum absolute atomic E-state index is 10.0. The predicted octanol–water partition coefficient (Wildman–Crippen LogP) is -1.81. The van der Waals surface area contributed by atoms with Gasteiger partial charge in [-0.15, -0.1) is 0 Å². The summed E-state index contributed by atoms with van der Waals surface area (Å²) >= 11 is 0. The van der Waals surface area contributed by atoms with Crippen LogP contribution in [0.1, 0.15) is 6.42 Å². The van der Waals surface area contributed by atoms with Gasteiger partial charge in [-0.3, -0.25) is 0 Å². The van der Waals surface area contributed by atoms with Crippen molar-refractivity contribution in [1.82, 2.24) is 0 Å². The van der Waals surface area contributed by atoms with Gasteiger partial charge >= 0.3 is 0 Å². The van der Waals surface area contributed by atoms with Gasteiger partial charge in [0.15, 0.2) is 0 Å². The number of quaternary nitrogens is 1. The van der Waals surface area contributed by atoms with Crippen LogP contribution in [0.5, 0.6) is 0 Å². The van der Waals surface area contributed by atoms with Crippen molar-refractivity contribution >= 4 is 5.97 Å². The van der Waals surface area contributed by atoms with Crippen LogP contribution < -0.4 is 5.11 Å². The molecule has 11 heavy (non-hydrogen) atoms. The van der Waals surface area contributed by atoms with E-state index in [1.54, 1.807) is 0 Å². The molecule has 0 heterocycles. The molecule has 4 heteroatoms. The molecule has 1 atom stereocenters. The van der Waals surface area contributed by atoms with E-state index in [1.165, 1.54) is 0 Å². The van der Waals surface area contributed by atoms with E-state index in [9.17, 15) is 9.90 Å². The molecule has 0 amide bonds. The van der Waals surface area contributed by atoms with Crippen LogP contribution in [-0.2, 0) is 4.79 Å². The molecular weight excluding hydrogens is 152 g/mol. The van der Waals surface area contributed by atoms with Gasteiger partial charge in [0.05, 0.1) is 21.1 Å². The summed E-state index contributed by atoms with van der Waals surface area (Å²) in [5.41, 5.74) is 0. The van der Waals surface area contributed by atoms with Crippen LogP contribution in [0.25, 0.3) is 0 Å². The van der Waals surface area contributed by atoms with E-state index in [4.69, 9.17) is 5.11 Å². The predicted molar refractivity (Wildman–Crippen MR) is 38.5 cm³/mol. The summed E-state index contributed by atoms with van der Waals surface area (Å²) in [6.45, 7) is 0.425. The molecule has 0 aromatic carbocycles. The number of carbonyl (C=O) groups is 1. The third-order valence-electron chi connectivity index (χ3n) is 1.16. The van der Waals surface area contributed by atoms with Crippen LogP contribution in [-0.4, -0.2) is 49.4 Å². The number of likely N-dealkylation sites (N-methyl/N-ethyl adjacent to an activating group) is 1. The number of hydrogen-bond acceptors (Lipinski definition) is 3. The monoisotopic (exact) mass is 167 g/mol. The molecule has 0 saturated carbocycles. The Bertz CT molecular complexity index is 139. The Morgan fingerprint density at radius 3 is 2.27 bits per heavy atom. The SMILES string of the molecule is [14CH3][N+]([14CH3])([14CH3])C[C@@H](O)CC(=O)[O-]. The lowest BCUT2D eigenvalue weighted by Crippen LogP contribution is -2.43. The summed E-state index contributed by atoms with van der Waals surface area (Å²) < 4.78 is 0.550. The summed E-state index contributed by atoms with van der Waals surface area (Å²) in [6.07, 6.45) is -1.09. The van der Waals surface area contributed by atoms with Crippen molar-refractivity contribution in [2.24, 2.45) is 0 Å². The number of aliphatic hydroxyl groups excluding tert-OH is 1. The van der Waals surface area contributed by atoms with Crippen molar-refractivity contribution in [3.63, 3.8) is 0 Å². The molecule has 0 fully saturated rings. The first-order valence-electron chi connectivity index (χ1n) is 3.49. The Morgan fingerprint density at radius 1 is 1.55 bits per heavy atom. The minimum absolute atomic E-state index is 0.282. The van der Waals surface area contributed by atoms with E-state index in [0.717, 1.165) is 0 Å². The zero-order valence-electron chi connectivity index (χ0n) is 7.20. The quantitative estimate of drug-likeness (QED) is 0.502. The smallest absolute Gasteiger partial charge is 0.108 e. The molecule has 0 bridgehead atoms. The second kappa shape index (κ2) is 3.69. The van der Waals surface area contributed by atoms with E-state index >= 15 is 0 Å². The molecule has 0 spiro atoms. The second-order valence-corrected chi connectivity index (χ2v) is 3.70. The number of aliphatic carboxylic acids is 1. The lowest BCUT2D eigenvalue weighted by Gasteiger charge is -2.26. The van der Waals surface area contributed by atoms with Crippen molar-refractivity contribution < 1.29 is 19.5 Å². The highest BCUT2D eigenvalue weighted by molar-refractivity contribution is 5.64. The fourth-order valence-electron chi connectivity index (χ4n) is 0.889. The minimum atomic E-state index is -1.20. The fourth-order valence-corrected chi connectivity index (χ4v) is 0.889. The van der Waals surface area contributed by atoms with Gasteiger partial charge in [0.1, 0.15) is 12.6 Å². The molecular formula is C7H15NO3. The summed E-state index contributed by atoms with van der Waals surface area (Å²) in [4.78, 5) is 10.0. The molecule has 0 radical (unpaired) electrons. The maximum atomic E-state index is 10.0. The van der Waals surface area contributed by atoms with Gasteiger partial charge in [0.25, 0.3) is 0 Å². The number of rotatable bonds is 4. The first kappa shape index (κ1) is 10.4. The van der Waals surface area contributed by atoms with E-state index in [1.807, 2.05) is 21.1 Å². The molecule has 0 unspecified atom stereocenters. The Hall–Kier alpha value is -0.610. The summed E-state index contributed by atoms with van der Waals surface area (Å²) in [7, 11) is 5.66. The molecule has 0 aliphatic heterocycles. The molecule has 0 aliphatic rings. The van der Waals surface area contributed by atoms with Gasteiger partial charge in [-0.25, -0.2) is 0 Å². The van der Waals surface area contributed by atoms with Crippen LogP contribution in [0.15, 0.2) is 0 Å². The topological polar surface area (TPSA) is 60.4 Å². The Labute approximate surface area is 66.6 Å². The van der Waals surface area contributed by atoms with Crippen molar-refractivity contribution in [1.29, 1.82) is 0 Å². The second-order valence-electron chi connectivity index (χ2n) is 3.70. The van der Waals surface area contributed by atoms with Crippen LogP contribution in [0.3, 0.4) is 0 Å². The van der Waals surface area contributed by atoms with Crippen LogP contribution in [0.4, 0.5) is 0 Å². The highest BCUT2D eigenvalue weighted by Crippen LogP contribution is 1.97. The summed E-state index contributed by atoms with van der Waals surface area (Å²) in [6, 6.07) is 0. The van der Waals surface area contributed by atoms with Gasteiger partial charge in [-0.05, 0) is 0 Å². The zero-order chi connectivity index (χ0) is 9.07. The van der Waals surface area contributed by atoms with Gasteiger partial charge in [0.2, 0.25) is 0 Å². The molecule has 0 saturated heterocycles. The number of carboxylic acids is 1. The normalized spacial score (nSPS) is 14.5. The van der Waals surface area contributed by atoms with Crippen LogP contribution in [0, 0.1) is 0 Å². The molecule has 4 nitrogen and oxygen atoms in total. The van der Waals surface area contributed by atoms with Gasteiger partial charge in [0, 0.05) is 12.4 Å². The summed E-state index contributed by atoms with van der Waals surface area (Å²) in [5.74, 6) is -1.20. The maximum Gasteiger partial charge on any atom is 0.108 e. The Morgan fingerprint density at radius 2 is 2.00 bits per heavy atom. The van der Waals surface area contributed by atoms with Crippen molar-refractivity contribution in [2.75, 3.05) is 27.7 Å². The molecule has 66 valence electrons. The van der Waals surface area contributed by atoms with Gasteiger partial charge in [-0.1, -0.05) is 0 Å². The third kappa shape index (κ3) is 7.29. The highest BCUT2D eigenvalue weighted by atomic mass is 16.4. The van der Waals surface area contributed by atoms with E-state index < -0.39 is 12.1 Å². The van der Waals surface area contributed by atoms with Crippen molar-refractivity contribution in [3.05, 3.63) is 0 Å². The fraction of sp³-hybridized carbons (Fsp3) is 0.857. The minimum Gasteiger partial charge on any atom is -0.550 e. The number of hydrogen-bond donors (Lipinski definition) is 1. The first-order valence-corrected chi connectivity index (χ1v) is 3.49. The number of aliphatic hydroxyl groups is 1. The third-order valence-corrected chi connectivity index (χ3v) is 1.16. The van der Waals surface area contributed by atoms with Crippen LogP contribution >= 0.6 is 0 Å². The van der Waals surface area contributed by atoms with Crippen molar-refractivity contribution in [2.45, 2.75) is 12.5 Å². The number of nitrogens with zero attached hydrogens (tertiary/aromatic N) is 1. The average Bonchev–Trinajstić information content (AvgIpc) is 1.53. The lowest BCUT2D eigenvalue weighted by molar-refractivity contribution is -0.873. The van der Waals surface area contributed by atoms with Crippen molar-refractivity contribution in [3.8, 4) is 0 Å².